The summed E-state index contributed by atoms with van der Waals surface area (Å²) in [6.45, 7) is 6.48. The van der Waals surface area contributed by atoms with Crippen LogP contribution in [0.15, 0.2) is 29.4 Å². The molecule has 1 aromatic carbocycles. The molecule has 2 heterocycles. The number of para-hydroxylation sites is 2. The number of thioether (sulfide) groups is 1. The minimum absolute atomic E-state index is 0.204. The number of carbonyl (C=O) groups excluding carboxylic acids is 1. The van der Waals surface area contributed by atoms with Crippen LogP contribution in [0.1, 0.15) is 33.6 Å². The van der Waals surface area contributed by atoms with Crippen molar-refractivity contribution in [3.63, 3.8) is 0 Å². The van der Waals surface area contributed by atoms with Crippen LogP contribution >= 0.6 is 11.8 Å². The van der Waals surface area contributed by atoms with Crippen LogP contribution in [0.25, 0.3) is 11.0 Å². The molecule has 1 saturated heterocycles. The zero-order chi connectivity index (χ0) is 16.4. The highest BCUT2D eigenvalue weighted by atomic mass is 32.2. The molecule has 0 aliphatic carbocycles. The molecule has 0 spiro atoms. The Morgan fingerprint density at radius 3 is 2.96 bits per heavy atom. The van der Waals surface area contributed by atoms with Gasteiger partial charge in [0.2, 0.25) is 0 Å². The Balaban J connectivity index is 1.61. The largest absolute Gasteiger partial charge is 0.444 e. The predicted octanol–water partition coefficient (Wildman–Crippen LogP) is 4.05. The first-order valence-corrected chi connectivity index (χ1v) is 8.98. The lowest BCUT2D eigenvalue weighted by molar-refractivity contribution is 0.0242. The van der Waals surface area contributed by atoms with Crippen LogP contribution in [0.4, 0.5) is 4.79 Å². The van der Waals surface area contributed by atoms with Gasteiger partial charge in [-0.3, -0.25) is 0 Å². The molecule has 0 saturated carbocycles. The van der Waals surface area contributed by atoms with Gasteiger partial charge in [0, 0.05) is 18.3 Å². The van der Waals surface area contributed by atoms with Crippen molar-refractivity contribution in [2.45, 2.75) is 50.4 Å². The van der Waals surface area contributed by atoms with Crippen molar-refractivity contribution in [3.8, 4) is 0 Å². The van der Waals surface area contributed by atoms with Gasteiger partial charge in [0.25, 0.3) is 0 Å². The molecule has 6 heteroatoms. The van der Waals surface area contributed by atoms with E-state index in [1.54, 1.807) is 11.8 Å². The third-order valence-electron chi connectivity index (χ3n) is 3.79. The Hall–Kier alpha value is -1.69. The maximum Gasteiger partial charge on any atom is 0.410 e. The van der Waals surface area contributed by atoms with E-state index in [0.717, 1.165) is 41.3 Å². The number of nitrogens with zero attached hydrogens (tertiary/aromatic N) is 2. The van der Waals surface area contributed by atoms with Crippen molar-refractivity contribution in [1.82, 2.24) is 14.9 Å². The van der Waals surface area contributed by atoms with Gasteiger partial charge in [0.05, 0.1) is 11.0 Å². The second-order valence-electron chi connectivity index (χ2n) is 6.84. The van der Waals surface area contributed by atoms with Gasteiger partial charge < -0.3 is 14.6 Å². The normalized spacial score (nSPS) is 18.6. The summed E-state index contributed by atoms with van der Waals surface area (Å²) in [5.74, 6) is 0.832. The number of benzene rings is 1. The lowest BCUT2D eigenvalue weighted by Crippen LogP contribution is -2.40. The third-order valence-corrected chi connectivity index (χ3v) is 4.80. The third kappa shape index (κ3) is 3.99. The summed E-state index contributed by atoms with van der Waals surface area (Å²) >= 11 is 1.67. The maximum absolute atomic E-state index is 12.3. The number of amides is 1. The molecule has 0 radical (unpaired) electrons. The van der Waals surface area contributed by atoms with Gasteiger partial charge in [-0.15, -0.1) is 0 Å². The molecule has 1 aliphatic rings. The van der Waals surface area contributed by atoms with Crippen molar-refractivity contribution < 1.29 is 9.53 Å². The van der Waals surface area contributed by atoms with Crippen molar-refractivity contribution in [1.29, 1.82) is 0 Å². The molecule has 3 rings (SSSR count). The SMILES string of the molecule is CC(C)(C)OC(=O)N1CCC[C@H]1CSc1nc2ccccc2[nH]1. The summed E-state index contributed by atoms with van der Waals surface area (Å²) in [5.41, 5.74) is 1.58. The van der Waals surface area contributed by atoms with E-state index in [1.165, 1.54) is 0 Å². The second kappa shape index (κ2) is 6.43. The molecule has 1 aliphatic heterocycles. The number of fused-ring (bicyclic) bond motifs is 1. The van der Waals surface area contributed by atoms with E-state index >= 15 is 0 Å². The van der Waals surface area contributed by atoms with Gasteiger partial charge in [-0.05, 0) is 45.7 Å². The van der Waals surface area contributed by atoms with Gasteiger partial charge >= 0.3 is 6.09 Å². The van der Waals surface area contributed by atoms with Gasteiger partial charge in [-0.2, -0.15) is 0 Å². The van der Waals surface area contributed by atoms with Crippen LogP contribution in [-0.2, 0) is 4.74 Å². The lowest BCUT2D eigenvalue weighted by atomic mass is 10.2. The number of aromatic amines is 1. The predicted molar refractivity (Wildman–Crippen MR) is 92.8 cm³/mol. The van der Waals surface area contributed by atoms with Gasteiger partial charge in [0.15, 0.2) is 5.16 Å². The molecular weight excluding hydrogens is 310 g/mol. The Morgan fingerprint density at radius 1 is 1.43 bits per heavy atom. The molecule has 1 atom stereocenters. The summed E-state index contributed by atoms with van der Waals surface area (Å²) < 4.78 is 5.51. The van der Waals surface area contributed by atoms with E-state index in [1.807, 2.05) is 49.9 Å². The highest BCUT2D eigenvalue weighted by Gasteiger charge is 2.32. The molecular formula is C17H23N3O2S. The number of likely N-dealkylation sites (tertiary alicyclic amines) is 1. The zero-order valence-electron chi connectivity index (χ0n) is 13.8. The summed E-state index contributed by atoms with van der Waals surface area (Å²) in [6.07, 6.45) is 1.85. The fourth-order valence-corrected chi connectivity index (χ4v) is 3.78. The molecule has 1 amide bonds. The molecule has 1 fully saturated rings. The average molecular weight is 333 g/mol. The van der Waals surface area contributed by atoms with Crippen molar-refractivity contribution in [2.75, 3.05) is 12.3 Å². The monoisotopic (exact) mass is 333 g/mol. The summed E-state index contributed by atoms with van der Waals surface area (Å²) in [6, 6.07) is 8.21. The Bertz CT molecular complexity index is 659. The van der Waals surface area contributed by atoms with Crippen molar-refractivity contribution in [3.05, 3.63) is 24.3 Å². The summed E-state index contributed by atoms with van der Waals surface area (Å²) in [7, 11) is 0. The van der Waals surface area contributed by atoms with Crippen LogP contribution in [0.5, 0.6) is 0 Å². The first-order chi connectivity index (χ1) is 10.9. The van der Waals surface area contributed by atoms with E-state index in [4.69, 9.17) is 4.74 Å². The number of imidazole rings is 1. The molecule has 1 N–H and O–H groups in total. The van der Waals surface area contributed by atoms with E-state index < -0.39 is 5.60 Å². The maximum atomic E-state index is 12.3. The highest BCUT2D eigenvalue weighted by molar-refractivity contribution is 7.99. The number of ether oxygens (including phenoxy) is 1. The molecule has 23 heavy (non-hydrogen) atoms. The van der Waals surface area contributed by atoms with Gasteiger partial charge in [0.1, 0.15) is 5.60 Å². The molecule has 1 aromatic heterocycles. The summed E-state index contributed by atoms with van der Waals surface area (Å²) in [4.78, 5) is 22.1. The van der Waals surface area contributed by atoms with E-state index in [2.05, 4.69) is 9.97 Å². The second-order valence-corrected chi connectivity index (χ2v) is 7.85. The Kier molecular flexibility index (Phi) is 4.53. The Morgan fingerprint density at radius 2 is 2.22 bits per heavy atom. The van der Waals surface area contributed by atoms with Crippen molar-refractivity contribution >= 4 is 28.9 Å². The van der Waals surface area contributed by atoms with Gasteiger partial charge in [-0.25, -0.2) is 9.78 Å². The van der Waals surface area contributed by atoms with E-state index in [0.29, 0.717) is 0 Å². The zero-order valence-corrected chi connectivity index (χ0v) is 14.7. The number of rotatable bonds is 3. The van der Waals surface area contributed by atoms with E-state index in [9.17, 15) is 4.79 Å². The molecule has 5 nitrogen and oxygen atoms in total. The van der Waals surface area contributed by atoms with Crippen LogP contribution in [0.3, 0.4) is 0 Å². The van der Waals surface area contributed by atoms with Gasteiger partial charge in [-0.1, -0.05) is 23.9 Å². The van der Waals surface area contributed by atoms with E-state index in [-0.39, 0.29) is 12.1 Å². The lowest BCUT2D eigenvalue weighted by Gasteiger charge is -2.28. The fourth-order valence-electron chi connectivity index (χ4n) is 2.74. The first-order valence-electron chi connectivity index (χ1n) is 7.99. The smallest absolute Gasteiger partial charge is 0.410 e. The standard InChI is InChI=1S/C17H23N3O2S/c1-17(2,3)22-16(21)20-10-6-7-12(20)11-23-15-18-13-8-4-5-9-14(13)19-15/h4-5,8-9,12H,6-7,10-11H2,1-3H3,(H,18,19)/t12-/m0/s1. The summed E-state index contributed by atoms with van der Waals surface area (Å²) in [5, 5.41) is 0.905. The minimum atomic E-state index is -0.448. The average Bonchev–Trinajstić information content (AvgIpc) is 3.09. The van der Waals surface area contributed by atoms with Crippen LogP contribution in [-0.4, -0.2) is 44.9 Å². The van der Waals surface area contributed by atoms with Crippen molar-refractivity contribution in [2.24, 2.45) is 0 Å². The van der Waals surface area contributed by atoms with Crippen LogP contribution in [0, 0.1) is 0 Å². The number of aromatic nitrogens is 2. The number of hydrogen-bond acceptors (Lipinski definition) is 4. The Labute approximate surface area is 140 Å². The highest BCUT2D eigenvalue weighted by Crippen LogP contribution is 2.27. The topological polar surface area (TPSA) is 58.2 Å². The number of carbonyl (C=O) groups is 1. The quantitative estimate of drug-likeness (QED) is 0.861. The molecule has 0 bridgehead atoms. The van der Waals surface area contributed by atoms with Crippen LogP contribution in [0.2, 0.25) is 0 Å². The first kappa shape index (κ1) is 16.2. The molecule has 124 valence electrons. The number of nitrogens with one attached hydrogen (secondary N) is 1. The van der Waals surface area contributed by atoms with Crippen LogP contribution < -0.4 is 0 Å². The molecule has 2 aromatic rings. The fraction of sp³-hybridized carbons (Fsp3) is 0.529. The molecule has 0 unspecified atom stereocenters. The number of H-pyrrole nitrogens is 1. The number of hydrogen-bond donors (Lipinski definition) is 1. The minimum Gasteiger partial charge on any atom is -0.444 e.